The van der Waals surface area contributed by atoms with Gasteiger partial charge in [-0.25, -0.2) is 0 Å². The van der Waals surface area contributed by atoms with Gasteiger partial charge in [-0.05, 0) is 25.2 Å². The van der Waals surface area contributed by atoms with Crippen LogP contribution in [0.1, 0.15) is 37.1 Å². The van der Waals surface area contributed by atoms with Gasteiger partial charge in [-0.2, -0.15) is 0 Å². The number of amides is 1. The molecule has 3 rings (SSSR count). The Balaban J connectivity index is 1.63. The maximum Gasteiger partial charge on any atom is 0.229 e. The highest BCUT2D eigenvalue weighted by Gasteiger charge is 2.39. The normalized spacial score (nSPS) is 28.9. The molecule has 2 atom stereocenters. The summed E-state index contributed by atoms with van der Waals surface area (Å²) >= 11 is 1.52. The van der Waals surface area contributed by atoms with Gasteiger partial charge in [-0.3, -0.25) is 4.79 Å². The molecule has 1 heterocycles. The molecule has 2 fully saturated rings. The van der Waals surface area contributed by atoms with Gasteiger partial charge in [0.2, 0.25) is 11.0 Å². The summed E-state index contributed by atoms with van der Waals surface area (Å²) in [6.07, 6.45) is 3.46. The van der Waals surface area contributed by atoms with Gasteiger partial charge in [0.1, 0.15) is 5.01 Å². The van der Waals surface area contributed by atoms with E-state index < -0.39 is 0 Å². The molecular weight excluding hydrogens is 210 g/mol. The third-order valence-corrected chi connectivity index (χ3v) is 4.04. The van der Waals surface area contributed by atoms with Gasteiger partial charge in [0.25, 0.3) is 0 Å². The Labute approximate surface area is 92.1 Å². The number of carbonyl (C=O) groups excluding carboxylic acids is 1. The summed E-state index contributed by atoms with van der Waals surface area (Å²) in [5.74, 6) is 1.48. The van der Waals surface area contributed by atoms with E-state index in [-0.39, 0.29) is 11.8 Å². The number of hydrogen-bond acceptors (Lipinski definition) is 4. The largest absolute Gasteiger partial charge is 0.300 e. The Bertz CT molecular complexity index is 399. The van der Waals surface area contributed by atoms with Crippen LogP contribution >= 0.6 is 11.3 Å². The lowest BCUT2D eigenvalue weighted by Crippen LogP contribution is -2.14. The summed E-state index contributed by atoms with van der Waals surface area (Å²) in [6.45, 7) is 2.10. The van der Waals surface area contributed by atoms with Crippen LogP contribution in [-0.4, -0.2) is 16.1 Å². The minimum Gasteiger partial charge on any atom is -0.300 e. The zero-order valence-corrected chi connectivity index (χ0v) is 9.38. The van der Waals surface area contributed by atoms with Crippen molar-refractivity contribution >= 4 is 22.4 Å². The molecule has 0 bridgehead atoms. The van der Waals surface area contributed by atoms with Gasteiger partial charge in [0.15, 0.2) is 0 Å². The molecule has 2 saturated carbocycles. The van der Waals surface area contributed by atoms with Crippen LogP contribution in [0.5, 0.6) is 0 Å². The second-order valence-electron chi connectivity index (χ2n) is 4.53. The van der Waals surface area contributed by atoms with Crippen molar-refractivity contribution in [2.45, 2.75) is 32.1 Å². The number of hydrogen-bond donors (Lipinski definition) is 1. The molecule has 0 aliphatic heterocycles. The van der Waals surface area contributed by atoms with E-state index >= 15 is 0 Å². The summed E-state index contributed by atoms with van der Waals surface area (Å²) < 4.78 is 0. The van der Waals surface area contributed by atoms with Crippen molar-refractivity contribution in [1.82, 2.24) is 10.2 Å². The highest BCUT2D eigenvalue weighted by molar-refractivity contribution is 7.15. The first-order valence-corrected chi connectivity index (χ1v) is 6.20. The molecule has 5 heteroatoms. The van der Waals surface area contributed by atoms with Crippen molar-refractivity contribution in [2.24, 2.45) is 11.8 Å². The van der Waals surface area contributed by atoms with Crippen LogP contribution in [-0.2, 0) is 4.79 Å². The van der Waals surface area contributed by atoms with Crippen LogP contribution in [0.15, 0.2) is 0 Å². The molecule has 1 amide bonds. The van der Waals surface area contributed by atoms with E-state index in [4.69, 9.17) is 0 Å². The molecule has 0 aromatic carbocycles. The second-order valence-corrected chi connectivity index (χ2v) is 5.54. The van der Waals surface area contributed by atoms with Crippen molar-refractivity contribution in [3.05, 3.63) is 5.01 Å². The summed E-state index contributed by atoms with van der Waals surface area (Å²) in [5, 5.41) is 12.7. The maximum absolute atomic E-state index is 11.6. The molecule has 0 unspecified atom stereocenters. The highest BCUT2D eigenvalue weighted by atomic mass is 32.1. The minimum atomic E-state index is 0.112. The molecule has 0 radical (unpaired) electrons. The van der Waals surface area contributed by atoms with E-state index in [0.29, 0.717) is 17.0 Å². The van der Waals surface area contributed by atoms with Crippen molar-refractivity contribution in [3.8, 4) is 0 Å². The molecule has 0 spiro atoms. The Morgan fingerprint density at radius 3 is 2.80 bits per heavy atom. The van der Waals surface area contributed by atoms with Crippen LogP contribution in [0.3, 0.4) is 0 Å². The van der Waals surface area contributed by atoms with Crippen molar-refractivity contribution in [2.75, 3.05) is 5.32 Å². The zero-order chi connectivity index (χ0) is 10.4. The third-order valence-electron chi connectivity index (χ3n) is 3.04. The smallest absolute Gasteiger partial charge is 0.229 e. The molecule has 2 aliphatic rings. The first kappa shape index (κ1) is 9.27. The Morgan fingerprint density at radius 2 is 2.20 bits per heavy atom. The Kier molecular flexibility index (Phi) is 2.02. The molecule has 1 aromatic rings. The molecular formula is C10H13N3OS. The Hall–Kier alpha value is -0.970. The summed E-state index contributed by atoms with van der Waals surface area (Å²) in [7, 11) is 0. The van der Waals surface area contributed by atoms with Crippen LogP contribution in [0, 0.1) is 11.8 Å². The molecule has 1 aromatic heterocycles. The monoisotopic (exact) mass is 223 g/mol. The number of aromatic nitrogens is 2. The van der Waals surface area contributed by atoms with E-state index in [1.807, 2.05) is 0 Å². The average Bonchev–Trinajstić information content (AvgIpc) is 3.10. The number of nitrogens with one attached hydrogen (secondary N) is 1. The van der Waals surface area contributed by atoms with Crippen molar-refractivity contribution < 1.29 is 4.79 Å². The quantitative estimate of drug-likeness (QED) is 0.852. The fourth-order valence-corrected chi connectivity index (χ4v) is 2.58. The summed E-state index contributed by atoms with van der Waals surface area (Å²) in [6, 6.07) is 0. The van der Waals surface area contributed by atoms with Crippen molar-refractivity contribution in [1.29, 1.82) is 0 Å². The number of rotatable bonds is 3. The first-order chi connectivity index (χ1) is 7.24. The van der Waals surface area contributed by atoms with Gasteiger partial charge in [-0.1, -0.05) is 18.3 Å². The van der Waals surface area contributed by atoms with E-state index in [0.717, 1.165) is 11.4 Å². The van der Waals surface area contributed by atoms with E-state index in [1.165, 1.54) is 24.2 Å². The molecule has 4 nitrogen and oxygen atoms in total. The molecule has 0 saturated heterocycles. The lowest BCUT2D eigenvalue weighted by molar-refractivity contribution is -0.117. The van der Waals surface area contributed by atoms with Crippen LogP contribution < -0.4 is 5.32 Å². The van der Waals surface area contributed by atoms with Crippen LogP contribution in [0.4, 0.5) is 5.13 Å². The van der Waals surface area contributed by atoms with Crippen LogP contribution in [0.25, 0.3) is 0 Å². The second kappa shape index (κ2) is 3.27. The fourth-order valence-electron chi connectivity index (χ4n) is 1.67. The lowest BCUT2D eigenvalue weighted by atomic mass is 10.3. The zero-order valence-electron chi connectivity index (χ0n) is 8.56. The highest BCUT2D eigenvalue weighted by Crippen LogP contribution is 2.42. The Morgan fingerprint density at radius 1 is 1.47 bits per heavy atom. The van der Waals surface area contributed by atoms with Gasteiger partial charge >= 0.3 is 0 Å². The maximum atomic E-state index is 11.6. The number of nitrogens with zero attached hydrogens (tertiary/aromatic N) is 2. The van der Waals surface area contributed by atoms with Gasteiger partial charge in [0.05, 0.1) is 0 Å². The molecule has 2 aliphatic carbocycles. The summed E-state index contributed by atoms with van der Waals surface area (Å²) in [4.78, 5) is 11.6. The van der Waals surface area contributed by atoms with Gasteiger partial charge in [-0.15, -0.1) is 10.2 Å². The van der Waals surface area contributed by atoms with Crippen molar-refractivity contribution in [3.63, 3.8) is 0 Å². The topological polar surface area (TPSA) is 54.9 Å². The van der Waals surface area contributed by atoms with Crippen LogP contribution in [0.2, 0.25) is 0 Å². The fraction of sp³-hybridized carbons (Fsp3) is 0.700. The predicted molar refractivity (Wildman–Crippen MR) is 57.8 cm³/mol. The van der Waals surface area contributed by atoms with Gasteiger partial charge < -0.3 is 5.32 Å². The average molecular weight is 223 g/mol. The standard InChI is InChI=1S/C10H13N3OS/c1-5-4-7(5)8(14)11-10-13-12-9(15-10)6-2-3-6/h5-7H,2-4H2,1H3,(H,11,13,14)/t5-,7-/m0/s1. The summed E-state index contributed by atoms with van der Waals surface area (Å²) in [5.41, 5.74) is 0. The SMILES string of the molecule is C[C@H]1C[C@@H]1C(=O)Nc1nnc(C2CC2)s1. The predicted octanol–water partition coefficient (Wildman–Crippen LogP) is 2.01. The first-order valence-electron chi connectivity index (χ1n) is 5.38. The molecule has 15 heavy (non-hydrogen) atoms. The van der Waals surface area contributed by atoms with E-state index in [2.05, 4.69) is 22.4 Å². The van der Waals surface area contributed by atoms with Gasteiger partial charge in [0, 0.05) is 11.8 Å². The molecule has 1 N–H and O–H groups in total. The molecule has 80 valence electrons. The van der Waals surface area contributed by atoms with E-state index in [1.54, 1.807) is 0 Å². The number of carbonyl (C=O) groups is 1. The minimum absolute atomic E-state index is 0.112. The lowest BCUT2D eigenvalue weighted by Gasteiger charge is -1.97. The third kappa shape index (κ3) is 1.88. The van der Waals surface area contributed by atoms with E-state index in [9.17, 15) is 4.79 Å². The number of anilines is 1.